The molecule has 10 heteroatoms. The molecule has 1 aromatic heterocycles. The molecule has 2 heterocycles. The van der Waals surface area contributed by atoms with Gasteiger partial charge in [-0.2, -0.15) is 0 Å². The first-order valence-corrected chi connectivity index (χ1v) is 9.93. The van der Waals surface area contributed by atoms with E-state index in [1.54, 1.807) is 4.90 Å². The minimum atomic E-state index is -0.561. The van der Waals surface area contributed by atoms with Gasteiger partial charge in [-0.05, 0) is 43.3 Å². The Kier molecular flexibility index (Phi) is 6.42. The van der Waals surface area contributed by atoms with Crippen LogP contribution in [0.5, 0.6) is 11.5 Å². The fourth-order valence-electron chi connectivity index (χ4n) is 3.10. The molecule has 0 aliphatic carbocycles. The number of fused-ring (bicyclic) bond motifs is 1. The van der Waals surface area contributed by atoms with Crippen molar-refractivity contribution in [2.45, 2.75) is 39.8 Å². The zero-order valence-corrected chi connectivity index (χ0v) is 17.3. The lowest BCUT2D eigenvalue weighted by Crippen LogP contribution is -2.45. The van der Waals surface area contributed by atoms with Crippen LogP contribution in [-0.2, 0) is 13.1 Å². The van der Waals surface area contributed by atoms with Gasteiger partial charge in [-0.25, -0.2) is 4.79 Å². The predicted octanol–water partition coefficient (Wildman–Crippen LogP) is 1.55. The molecule has 0 saturated carbocycles. The van der Waals surface area contributed by atoms with E-state index in [1.807, 2.05) is 32.0 Å². The van der Waals surface area contributed by atoms with Gasteiger partial charge in [0.1, 0.15) is 5.82 Å². The Morgan fingerprint density at radius 3 is 2.79 bits per heavy atom. The lowest BCUT2D eigenvalue weighted by Gasteiger charge is -2.26. The Bertz CT molecular complexity index is 1020. The Morgan fingerprint density at radius 2 is 2.07 bits per heavy atom. The maximum atomic E-state index is 12.5. The van der Waals surface area contributed by atoms with Gasteiger partial charge in [0.2, 0.25) is 6.79 Å². The van der Waals surface area contributed by atoms with E-state index >= 15 is 0 Å². The number of nitrogens with one attached hydrogen (secondary N) is 2. The number of benzene rings is 1. The van der Waals surface area contributed by atoms with Crippen molar-refractivity contribution in [2.75, 3.05) is 24.0 Å². The minimum Gasteiger partial charge on any atom is -0.454 e. The first-order valence-electron chi connectivity index (χ1n) is 9.52. The third-order valence-corrected chi connectivity index (χ3v) is 5.03. The van der Waals surface area contributed by atoms with Gasteiger partial charge >= 0.3 is 5.69 Å². The molecule has 0 fully saturated rings. The number of hydrogen-bond acceptors (Lipinski definition) is 6. The third-order valence-electron chi connectivity index (χ3n) is 4.66. The summed E-state index contributed by atoms with van der Waals surface area (Å²) in [5, 5.41) is 3.47. The van der Waals surface area contributed by atoms with Gasteiger partial charge < -0.3 is 25.4 Å². The minimum absolute atomic E-state index is 0.112. The van der Waals surface area contributed by atoms with Crippen LogP contribution in [0.3, 0.4) is 0 Å². The van der Waals surface area contributed by atoms with Gasteiger partial charge in [-0.1, -0.05) is 19.4 Å². The predicted molar refractivity (Wildman–Crippen MR) is 116 cm³/mol. The Balaban J connectivity index is 1.80. The summed E-state index contributed by atoms with van der Waals surface area (Å²) in [5.41, 5.74) is 6.24. The maximum absolute atomic E-state index is 12.5. The highest BCUT2D eigenvalue weighted by molar-refractivity contribution is 7.80. The first-order chi connectivity index (χ1) is 14.0. The number of aromatic nitrogens is 2. The summed E-state index contributed by atoms with van der Waals surface area (Å²) in [4.78, 5) is 28.6. The second-order valence-electron chi connectivity index (χ2n) is 6.59. The number of nitrogens with zero attached hydrogens (tertiary/aromatic N) is 2. The molecule has 156 valence electrons. The molecule has 0 atom stereocenters. The van der Waals surface area contributed by atoms with Crippen LogP contribution < -0.4 is 36.7 Å². The van der Waals surface area contributed by atoms with Crippen LogP contribution in [-0.4, -0.2) is 28.0 Å². The number of rotatable bonds is 7. The molecular weight excluding hydrogens is 394 g/mol. The summed E-state index contributed by atoms with van der Waals surface area (Å²) in [5.74, 6) is 1.51. The van der Waals surface area contributed by atoms with Gasteiger partial charge in [-0.3, -0.25) is 14.3 Å². The van der Waals surface area contributed by atoms with Crippen LogP contribution >= 0.6 is 12.2 Å². The fourth-order valence-corrected chi connectivity index (χ4v) is 3.40. The van der Waals surface area contributed by atoms with Crippen molar-refractivity contribution in [1.29, 1.82) is 0 Å². The van der Waals surface area contributed by atoms with Gasteiger partial charge in [0, 0.05) is 19.6 Å². The van der Waals surface area contributed by atoms with Gasteiger partial charge in [0.05, 0.1) is 0 Å². The molecule has 2 aromatic rings. The number of anilines is 2. The fraction of sp³-hybridized carbons (Fsp3) is 0.421. The smallest absolute Gasteiger partial charge is 0.330 e. The highest BCUT2D eigenvalue weighted by Crippen LogP contribution is 2.32. The molecule has 4 N–H and O–H groups in total. The number of ether oxygens (including phenoxy) is 2. The molecule has 0 unspecified atom stereocenters. The van der Waals surface area contributed by atoms with E-state index in [2.05, 4.69) is 10.3 Å². The molecule has 0 bridgehead atoms. The second kappa shape index (κ2) is 8.99. The Hall–Kier alpha value is -3.01. The molecule has 29 heavy (non-hydrogen) atoms. The zero-order valence-electron chi connectivity index (χ0n) is 16.5. The van der Waals surface area contributed by atoms with Gasteiger partial charge in [-0.15, -0.1) is 0 Å². The van der Waals surface area contributed by atoms with E-state index < -0.39 is 11.2 Å². The molecule has 1 aliphatic heterocycles. The van der Waals surface area contributed by atoms with Crippen molar-refractivity contribution >= 4 is 28.8 Å². The van der Waals surface area contributed by atoms with Crippen LogP contribution in [0.25, 0.3) is 0 Å². The highest BCUT2D eigenvalue weighted by atomic mass is 32.1. The standard InChI is InChI=1S/C19H25N5O4S/c1-3-5-8-24-16(20)15(17(25)22-18(24)26)23(4-2)19(29)21-10-12-6-7-13-14(9-12)28-11-27-13/h6-7,9H,3-5,8,10-11,20H2,1-2H3,(H,21,29)(H,22,25,26). The number of nitrogen functional groups attached to an aromatic ring is 1. The summed E-state index contributed by atoms with van der Waals surface area (Å²) < 4.78 is 12.1. The number of thiocarbonyl (C=S) groups is 1. The van der Waals surface area contributed by atoms with Crippen molar-refractivity contribution in [2.24, 2.45) is 0 Å². The molecule has 0 amide bonds. The average molecular weight is 420 g/mol. The van der Waals surface area contributed by atoms with Crippen molar-refractivity contribution in [3.8, 4) is 11.5 Å². The quantitative estimate of drug-likeness (QED) is 0.579. The molecule has 0 radical (unpaired) electrons. The summed E-state index contributed by atoms with van der Waals surface area (Å²) in [6.07, 6.45) is 1.67. The van der Waals surface area contributed by atoms with Crippen molar-refractivity contribution in [1.82, 2.24) is 14.9 Å². The molecule has 1 aliphatic rings. The van der Waals surface area contributed by atoms with Gasteiger partial charge in [0.15, 0.2) is 22.3 Å². The van der Waals surface area contributed by atoms with E-state index in [9.17, 15) is 9.59 Å². The van der Waals surface area contributed by atoms with Crippen LogP contribution in [0.1, 0.15) is 32.3 Å². The van der Waals surface area contributed by atoms with E-state index in [0.29, 0.717) is 36.2 Å². The van der Waals surface area contributed by atoms with Crippen LogP contribution in [0.2, 0.25) is 0 Å². The van der Waals surface area contributed by atoms with E-state index in [0.717, 1.165) is 18.4 Å². The zero-order chi connectivity index (χ0) is 21.0. The molecular formula is C19H25N5O4S. The molecule has 1 aromatic carbocycles. The summed E-state index contributed by atoms with van der Waals surface area (Å²) >= 11 is 5.50. The monoisotopic (exact) mass is 419 g/mol. The number of nitrogens with two attached hydrogens (primary N) is 1. The van der Waals surface area contributed by atoms with Gasteiger partial charge in [0.25, 0.3) is 5.56 Å². The summed E-state index contributed by atoms with van der Waals surface area (Å²) in [6, 6.07) is 5.62. The van der Waals surface area contributed by atoms with E-state index in [4.69, 9.17) is 27.4 Å². The van der Waals surface area contributed by atoms with Crippen molar-refractivity contribution in [3.05, 3.63) is 44.6 Å². The second-order valence-corrected chi connectivity index (χ2v) is 6.98. The lowest BCUT2D eigenvalue weighted by atomic mass is 10.2. The normalized spacial score (nSPS) is 12.1. The lowest BCUT2D eigenvalue weighted by molar-refractivity contribution is 0.174. The van der Waals surface area contributed by atoms with Crippen molar-refractivity contribution < 1.29 is 9.47 Å². The highest BCUT2D eigenvalue weighted by Gasteiger charge is 2.21. The number of hydrogen-bond donors (Lipinski definition) is 3. The largest absolute Gasteiger partial charge is 0.454 e. The number of H-pyrrole nitrogens is 1. The van der Waals surface area contributed by atoms with Crippen LogP contribution in [0.4, 0.5) is 11.5 Å². The molecule has 0 spiro atoms. The third kappa shape index (κ3) is 4.37. The topological polar surface area (TPSA) is 115 Å². The molecule has 0 saturated heterocycles. The number of unbranched alkanes of at least 4 members (excludes halogenated alkanes) is 1. The Labute approximate surface area is 173 Å². The van der Waals surface area contributed by atoms with E-state index in [1.165, 1.54) is 4.57 Å². The first kappa shape index (κ1) is 20.7. The maximum Gasteiger partial charge on any atom is 0.330 e. The molecule has 3 rings (SSSR count). The average Bonchev–Trinajstić information content (AvgIpc) is 3.17. The van der Waals surface area contributed by atoms with Crippen molar-refractivity contribution in [3.63, 3.8) is 0 Å². The van der Waals surface area contributed by atoms with Crippen LogP contribution in [0.15, 0.2) is 27.8 Å². The summed E-state index contributed by atoms with van der Waals surface area (Å²) in [7, 11) is 0. The molecule has 9 nitrogen and oxygen atoms in total. The van der Waals surface area contributed by atoms with E-state index in [-0.39, 0.29) is 18.3 Å². The van der Waals surface area contributed by atoms with Crippen LogP contribution in [0, 0.1) is 0 Å². The SMILES string of the molecule is CCCCn1c(N)c(N(CC)C(=S)NCc2ccc3c(c2)OCO3)c(=O)[nH]c1=O. The Morgan fingerprint density at radius 1 is 1.31 bits per heavy atom. The summed E-state index contributed by atoms with van der Waals surface area (Å²) in [6.45, 7) is 5.35. The number of aromatic amines is 1.